The molecule has 1 aliphatic heterocycles. The van der Waals surface area contributed by atoms with E-state index in [0.717, 1.165) is 26.1 Å². The van der Waals surface area contributed by atoms with E-state index < -0.39 is 0 Å². The highest BCUT2D eigenvalue weighted by Crippen LogP contribution is 2.22. The zero-order valence-electron chi connectivity index (χ0n) is 11.9. The number of hydrogen-bond donors (Lipinski definition) is 1. The molecule has 1 fully saturated rings. The van der Waals surface area contributed by atoms with Crippen molar-refractivity contribution in [1.29, 1.82) is 0 Å². The zero-order chi connectivity index (χ0) is 13.7. The van der Waals surface area contributed by atoms with Crippen LogP contribution < -0.4 is 5.32 Å². The predicted molar refractivity (Wildman–Crippen MR) is 81.3 cm³/mol. The molecule has 2 heterocycles. The molecule has 1 atom stereocenters. The van der Waals surface area contributed by atoms with Crippen molar-refractivity contribution in [2.24, 2.45) is 0 Å². The first-order valence-corrected chi connectivity index (χ1v) is 7.91. The van der Waals surface area contributed by atoms with Gasteiger partial charge in [0.1, 0.15) is 5.01 Å². The van der Waals surface area contributed by atoms with Gasteiger partial charge in [-0.15, -0.1) is 17.8 Å². The molecule has 104 valence electrons. The third kappa shape index (κ3) is 4.04. The van der Waals surface area contributed by atoms with Crippen molar-refractivity contribution in [3.8, 4) is 12.3 Å². The van der Waals surface area contributed by atoms with E-state index in [9.17, 15) is 0 Å². The van der Waals surface area contributed by atoms with Crippen molar-refractivity contribution in [2.45, 2.75) is 45.2 Å². The maximum Gasteiger partial charge on any atom is 0.109 e. The minimum atomic E-state index is 0.356. The van der Waals surface area contributed by atoms with Gasteiger partial charge in [0.05, 0.1) is 12.6 Å². The molecule has 2 rings (SSSR count). The van der Waals surface area contributed by atoms with E-state index in [1.165, 1.54) is 22.7 Å². The zero-order valence-corrected chi connectivity index (χ0v) is 12.7. The molecule has 0 bridgehead atoms. The number of nitrogens with one attached hydrogen (secondary N) is 1. The summed E-state index contributed by atoms with van der Waals surface area (Å²) in [6, 6.07) is 0.951. The Bertz CT molecular complexity index is 427. The van der Waals surface area contributed by atoms with Crippen LogP contribution in [-0.2, 0) is 6.42 Å². The number of rotatable bonds is 5. The highest BCUT2D eigenvalue weighted by atomic mass is 32.1. The van der Waals surface area contributed by atoms with E-state index >= 15 is 0 Å². The number of aryl methyl sites for hydroxylation is 1. The number of hydrogen-bond acceptors (Lipinski definition) is 4. The average molecular weight is 277 g/mol. The fourth-order valence-electron chi connectivity index (χ4n) is 2.50. The first-order chi connectivity index (χ1) is 9.22. The standard InChI is InChI=1S/C15H23N3S/c1-4-8-18-9-6-13(7-10-18)17-12(3)15-16-11-14(5-2)19-15/h1,11-13,17H,5-10H2,2-3H3. The van der Waals surface area contributed by atoms with Gasteiger partial charge in [0.25, 0.3) is 0 Å². The van der Waals surface area contributed by atoms with Gasteiger partial charge in [0, 0.05) is 30.2 Å². The van der Waals surface area contributed by atoms with Gasteiger partial charge in [0.15, 0.2) is 0 Å². The van der Waals surface area contributed by atoms with Crippen molar-refractivity contribution in [2.75, 3.05) is 19.6 Å². The lowest BCUT2D eigenvalue weighted by Crippen LogP contribution is -2.43. The van der Waals surface area contributed by atoms with Crippen molar-refractivity contribution in [3.05, 3.63) is 16.1 Å². The Morgan fingerprint density at radius 1 is 1.58 bits per heavy atom. The van der Waals surface area contributed by atoms with Crippen molar-refractivity contribution in [3.63, 3.8) is 0 Å². The van der Waals surface area contributed by atoms with Crippen molar-refractivity contribution < 1.29 is 0 Å². The number of thiazole rings is 1. The molecule has 3 nitrogen and oxygen atoms in total. The molecule has 0 amide bonds. The predicted octanol–water partition coefficient (Wildman–Crippen LogP) is 2.45. The smallest absolute Gasteiger partial charge is 0.109 e. The van der Waals surface area contributed by atoms with E-state index in [-0.39, 0.29) is 0 Å². The van der Waals surface area contributed by atoms with Gasteiger partial charge in [-0.2, -0.15) is 0 Å². The van der Waals surface area contributed by atoms with Crippen LogP contribution in [0.5, 0.6) is 0 Å². The Kier molecular flexibility index (Phi) is 5.38. The maximum absolute atomic E-state index is 5.35. The van der Waals surface area contributed by atoms with Gasteiger partial charge in [-0.25, -0.2) is 4.98 Å². The van der Waals surface area contributed by atoms with Crippen LogP contribution in [0, 0.1) is 12.3 Å². The second kappa shape index (κ2) is 7.04. The lowest BCUT2D eigenvalue weighted by molar-refractivity contribution is 0.211. The molecule has 1 aliphatic rings. The number of aromatic nitrogens is 1. The quantitative estimate of drug-likeness (QED) is 0.838. The van der Waals surface area contributed by atoms with Crippen LogP contribution in [0.3, 0.4) is 0 Å². The third-order valence-electron chi connectivity index (χ3n) is 3.68. The largest absolute Gasteiger partial charge is 0.305 e. The van der Waals surface area contributed by atoms with Crippen LogP contribution in [0.15, 0.2) is 6.20 Å². The number of piperidine rings is 1. The van der Waals surface area contributed by atoms with Crippen molar-refractivity contribution >= 4 is 11.3 Å². The van der Waals surface area contributed by atoms with Gasteiger partial charge >= 0.3 is 0 Å². The van der Waals surface area contributed by atoms with Crippen LogP contribution in [-0.4, -0.2) is 35.6 Å². The monoisotopic (exact) mass is 277 g/mol. The minimum Gasteiger partial charge on any atom is -0.305 e. The van der Waals surface area contributed by atoms with Crippen LogP contribution >= 0.6 is 11.3 Å². The summed E-state index contributed by atoms with van der Waals surface area (Å²) in [4.78, 5) is 8.23. The molecule has 0 spiro atoms. The molecule has 0 aliphatic carbocycles. The SMILES string of the molecule is C#CCN1CCC(NC(C)c2ncc(CC)s2)CC1. The lowest BCUT2D eigenvalue weighted by atomic mass is 10.0. The van der Waals surface area contributed by atoms with Crippen LogP contribution in [0.4, 0.5) is 0 Å². The summed E-state index contributed by atoms with van der Waals surface area (Å²) in [5.74, 6) is 2.73. The van der Waals surface area contributed by atoms with E-state index in [1.54, 1.807) is 0 Å². The van der Waals surface area contributed by atoms with Crippen LogP contribution in [0.2, 0.25) is 0 Å². The number of terminal acetylenes is 1. The molecule has 1 aromatic rings. The molecule has 0 radical (unpaired) electrons. The third-order valence-corrected chi connectivity index (χ3v) is 5.00. The van der Waals surface area contributed by atoms with Crippen molar-refractivity contribution in [1.82, 2.24) is 15.2 Å². The summed E-state index contributed by atoms with van der Waals surface area (Å²) in [6.45, 7) is 7.39. The summed E-state index contributed by atoms with van der Waals surface area (Å²) in [7, 11) is 0. The summed E-state index contributed by atoms with van der Waals surface area (Å²) < 4.78 is 0. The Morgan fingerprint density at radius 2 is 2.32 bits per heavy atom. The Labute approximate surface area is 120 Å². The first-order valence-electron chi connectivity index (χ1n) is 7.09. The molecule has 1 aromatic heterocycles. The molecule has 0 saturated carbocycles. The summed E-state index contributed by atoms with van der Waals surface area (Å²) in [5.41, 5.74) is 0. The second-order valence-corrected chi connectivity index (χ2v) is 6.31. The number of likely N-dealkylation sites (tertiary alicyclic amines) is 1. The van der Waals surface area contributed by atoms with E-state index in [2.05, 4.69) is 35.0 Å². The van der Waals surface area contributed by atoms with E-state index in [4.69, 9.17) is 6.42 Å². The molecule has 19 heavy (non-hydrogen) atoms. The summed E-state index contributed by atoms with van der Waals surface area (Å²) in [6.07, 6.45) is 10.8. The molecule has 0 aromatic carbocycles. The minimum absolute atomic E-state index is 0.356. The Balaban J connectivity index is 1.80. The Morgan fingerprint density at radius 3 is 2.89 bits per heavy atom. The maximum atomic E-state index is 5.35. The second-order valence-electron chi connectivity index (χ2n) is 5.16. The normalized spacial score (nSPS) is 19.2. The fraction of sp³-hybridized carbons (Fsp3) is 0.667. The van der Waals surface area contributed by atoms with Crippen LogP contribution in [0.1, 0.15) is 42.6 Å². The molecule has 1 N–H and O–H groups in total. The van der Waals surface area contributed by atoms with E-state index in [1.807, 2.05) is 17.5 Å². The molecular weight excluding hydrogens is 254 g/mol. The van der Waals surface area contributed by atoms with Gasteiger partial charge < -0.3 is 5.32 Å². The average Bonchev–Trinajstić information content (AvgIpc) is 2.90. The topological polar surface area (TPSA) is 28.2 Å². The van der Waals surface area contributed by atoms with E-state index in [0.29, 0.717) is 12.1 Å². The van der Waals surface area contributed by atoms with Crippen LogP contribution in [0.25, 0.3) is 0 Å². The summed E-state index contributed by atoms with van der Waals surface area (Å²) in [5, 5.41) is 4.92. The first kappa shape index (κ1) is 14.5. The lowest BCUT2D eigenvalue weighted by Gasteiger charge is -2.32. The van der Waals surface area contributed by atoms with Gasteiger partial charge in [0.2, 0.25) is 0 Å². The fourth-order valence-corrected chi connectivity index (χ4v) is 3.37. The number of nitrogens with zero attached hydrogens (tertiary/aromatic N) is 2. The molecular formula is C15H23N3S. The highest BCUT2D eigenvalue weighted by Gasteiger charge is 2.21. The highest BCUT2D eigenvalue weighted by molar-refractivity contribution is 7.11. The van der Waals surface area contributed by atoms with Gasteiger partial charge in [-0.1, -0.05) is 12.8 Å². The Hall–Kier alpha value is -0.890. The molecule has 1 saturated heterocycles. The molecule has 4 heteroatoms. The van der Waals surface area contributed by atoms with Gasteiger partial charge in [-0.3, -0.25) is 4.90 Å². The van der Waals surface area contributed by atoms with Gasteiger partial charge in [-0.05, 0) is 26.2 Å². The molecule has 1 unspecified atom stereocenters. The summed E-state index contributed by atoms with van der Waals surface area (Å²) >= 11 is 1.83.